The number of nitrogens with zero attached hydrogens (tertiary/aromatic N) is 1. The fraction of sp³-hybridized carbons (Fsp3) is 0.404. The minimum atomic E-state index is 0.0427. The molecule has 1 aliphatic heterocycles. The van der Waals surface area contributed by atoms with Gasteiger partial charge >= 0.3 is 0 Å². The maximum absolute atomic E-state index is 6.85. The lowest BCUT2D eigenvalue weighted by Gasteiger charge is -2.66. The Balaban J connectivity index is 1.14. The van der Waals surface area contributed by atoms with E-state index in [1.807, 2.05) is 0 Å². The van der Waals surface area contributed by atoms with Gasteiger partial charge in [0.05, 0.1) is 0 Å². The maximum Gasteiger partial charge on any atom is 0.131 e. The number of rotatable bonds is 3. The van der Waals surface area contributed by atoms with E-state index in [1.165, 1.54) is 95.0 Å². The molecule has 4 atom stereocenters. The molecule has 4 saturated carbocycles. The van der Waals surface area contributed by atoms with Gasteiger partial charge in [-0.1, -0.05) is 82.3 Å². The molecule has 2 nitrogen and oxygen atoms in total. The zero-order valence-electron chi connectivity index (χ0n) is 29.4. The Morgan fingerprint density at radius 2 is 1.12 bits per heavy atom. The van der Waals surface area contributed by atoms with Crippen LogP contribution in [0.2, 0.25) is 0 Å². The Bertz CT molecular complexity index is 2180. The SMILES string of the molecule is CC1(C)CCC(C)(C)c2cc(N(c3ccc4c(c3)C3(c5ccccc5O4)C4CC5CC6CC3C4(C5)C6)c3ccc4ccccc4c3)ccc21. The summed E-state index contributed by atoms with van der Waals surface area (Å²) in [6.07, 6.45) is 9.59. The van der Waals surface area contributed by atoms with Crippen LogP contribution in [-0.4, -0.2) is 0 Å². The molecule has 5 aromatic carbocycles. The van der Waals surface area contributed by atoms with Crippen LogP contribution >= 0.6 is 0 Å². The quantitative estimate of drug-likeness (QED) is 0.194. The van der Waals surface area contributed by atoms with Gasteiger partial charge in [-0.2, -0.15) is 0 Å². The van der Waals surface area contributed by atoms with Crippen molar-refractivity contribution < 1.29 is 4.74 Å². The summed E-state index contributed by atoms with van der Waals surface area (Å²) >= 11 is 0. The Kier molecular flexibility index (Phi) is 5.51. The van der Waals surface area contributed by atoms with Gasteiger partial charge in [0.15, 0.2) is 0 Å². The van der Waals surface area contributed by atoms with Crippen molar-refractivity contribution in [1.82, 2.24) is 0 Å². The molecule has 2 spiro atoms. The normalized spacial score (nSPS) is 31.8. The summed E-state index contributed by atoms with van der Waals surface area (Å²) in [6.45, 7) is 9.74. The van der Waals surface area contributed by atoms with Gasteiger partial charge in [0.2, 0.25) is 0 Å². The lowest BCUT2D eigenvalue weighted by atomic mass is 9.37. The van der Waals surface area contributed by atoms with E-state index in [0.29, 0.717) is 17.3 Å². The van der Waals surface area contributed by atoms with Gasteiger partial charge in [-0.3, -0.25) is 0 Å². The number of hydrogen-bond donors (Lipinski definition) is 0. The highest BCUT2D eigenvalue weighted by Gasteiger charge is 2.79. The number of para-hydroxylation sites is 1. The van der Waals surface area contributed by atoms with E-state index < -0.39 is 0 Å². The Labute approximate surface area is 291 Å². The first kappa shape index (κ1) is 28.8. The standard InChI is InChI=1S/C47H47NO/c1-44(2)19-20-45(3,4)38-25-34(15-17-36(38)44)48(33-14-13-31-9-5-6-10-32(31)24-33)35-16-18-41-39(26-35)47(37-11-7-8-12-40(37)49-41)42-22-29-21-30-23-43(47)46(42,27-29)28-30/h5-18,24-26,29-30,42-43H,19-23,27-28H2,1-4H3. The van der Waals surface area contributed by atoms with Gasteiger partial charge in [0.25, 0.3) is 0 Å². The zero-order chi connectivity index (χ0) is 32.9. The van der Waals surface area contributed by atoms with Crippen LogP contribution in [0, 0.1) is 29.1 Å². The highest BCUT2D eigenvalue weighted by atomic mass is 16.5. The van der Waals surface area contributed by atoms with Crippen LogP contribution in [0.4, 0.5) is 17.1 Å². The van der Waals surface area contributed by atoms with Crippen LogP contribution in [0.5, 0.6) is 11.5 Å². The lowest BCUT2D eigenvalue weighted by Crippen LogP contribution is -2.64. The summed E-state index contributed by atoms with van der Waals surface area (Å²) in [5.41, 5.74) is 10.5. The Morgan fingerprint density at radius 1 is 0.531 bits per heavy atom. The number of hydrogen-bond acceptors (Lipinski definition) is 2. The molecule has 0 saturated heterocycles. The molecule has 5 aliphatic carbocycles. The second kappa shape index (κ2) is 9.39. The van der Waals surface area contributed by atoms with E-state index >= 15 is 0 Å². The third-order valence-corrected chi connectivity index (χ3v) is 14.9. The van der Waals surface area contributed by atoms with E-state index in [-0.39, 0.29) is 16.2 Å². The molecule has 3 bridgehead atoms. The number of fused-ring (bicyclic) bond motifs is 10. The maximum atomic E-state index is 6.85. The van der Waals surface area contributed by atoms with Crippen molar-refractivity contribution in [3.05, 3.63) is 125 Å². The van der Waals surface area contributed by atoms with Gasteiger partial charge in [-0.25, -0.2) is 0 Å². The molecule has 11 rings (SSSR count). The second-order valence-corrected chi connectivity index (χ2v) is 18.2. The molecule has 0 aromatic heterocycles. The van der Waals surface area contributed by atoms with Crippen molar-refractivity contribution in [1.29, 1.82) is 0 Å². The first-order valence-electron chi connectivity index (χ1n) is 19.0. The average molecular weight is 642 g/mol. The van der Waals surface area contributed by atoms with Crippen molar-refractivity contribution in [2.45, 2.75) is 88.9 Å². The summed E-state index contributed by atoms with van der Waals surface area (Å²) < 4.78 is 6.85. The number of ether oxygens (including phenoxy) is 1. The van der Waals surface area contributed by atoms with Gasteiger partial charge in [-0.05, 0) is 155 Å². The predicted octanol–water partition coefficient (Wildman–Crippen LogP) is 12.5. The van der Waals surface area contributed by atoms with Crippen molar-refractivity contribution in [3.63, 3.8) is 0 Å². The van der Waals surface area contributed by atoms with Crippen LogP contribution < -0.4 is 9.64 Å². The first-order chi connectivity index (χ1) is 23.7. The third-order valence-electron chi connectivity index (χ3n) is 14.9. The molecule has 1 heterocycles. The lowest BCUT2D eigenvalue weighted by molar-refractivity contribution is -0.0882. The van der Waals surface area contributed by atoms with Crippen molar-refractivity contribution in [2.75, 3.05) is 4.90 Å². The van der Waals surface area contributed by atoms with Crippen LogP contribution in [0.1, 0.15) is 94.9 Å². The zero-order valence-corrected chi connectivity index (χ0v) is 29.4. The van der Waals surface area contributed by atoms with Crippen molar-refractivity contribution in [2.24, 2.45) is 29.1 Å². The summed E-state index contributed by atoms with van der Waals surface area (Å²) in [6, 6.07) is 39.5. The van der Waals surface area contributed by atoms with Crippen molar-refractivity contribution >= 4 is 27.8 Å². The number of anilines is 3. The average Bonchev–Trinajstić information content (AvgIpc) is 3.50. The fourth-order valence-corrected chi connectivity index (χ4v) is 13.0. The highest BCUT2D eigenvalue weighted by Crippen LogP contribution is 2.85. The topological polar surface area (TPSA) is 12.5 Å². The van der Waals surface area contributed by atoms with E-state index in [4.69, 9.17) is 4.74 Å². The molecule has 0 amide bonds. The van der Waals surface area contributed by atoms with Gasteiger partial charge in [0.1, 0.15) is 11.5 Å². The van der Waals surface area contributed by atoms with Crippen LogP contribution in [-0.2, 0) is 16.2 Å². The minimum absolute atomic E-state index is 0.0427. The summed E-state index contributed by atoms with van der Waals surface area (Å²) in [4.78, 5) is 2.55. The molecule has 49 heavy (non-hydrogen) atoms. The van der Waals surface area contributed by atoms with Crippen LogP contribution in [0.15, 0.2) is 103 Å². The van der Waals surface area contributed by atoms with Gasteiger partial charge in [0, 0.05) is 33.6 Å². The molecular formula is C47H47NO. The summed E-state index contributed by atoms with van der Waals surface area (Å²) in [5.74, 6) is 5.41. The molecule has 0 N–H and O–H groups in total. The highest BCUT2D eigenvalue weighted by molar-refractivity contribution is 5.89. The Hall–Kier alpha value is -4.04. The first-order valence-corrected chi connectivity index (χ1v) is 19.0. The van der Waals surface area contributed by atoms with E-state index in [9.17, 15) is 0 Å². The largest absolute Gasteiger partial charge is 0.457 e. The van der Waals surface area contributed by atoms with E-state index in [0.717, 1.165) is 23.3 Å². The van der Waals surface area contributed by atoms with E-state index in [1.54, 1.807) is 0 Å². The molecule has 246 valence electrons. The molecule has 6 aliphatic rings. The van der Waals surface area contributed by atoms with E-state index in [2.05, 4.69) is 136 Å². The second-order valence-electron chi connectivity index (χ2n) is 18.2. The van der Waals surface area contributed by atoms with Gasteiger partial charge in [-0.15, -0.1) is 0 Å². The van der Waals surface area contributed by atoms with Crippen molar-refractivity contribution in [3.8, 4) is 11.5 Å². The van der Waals surface area contributed by atoms with Crippen LogP contribution in [0.25, 0.3) is 10.8 Å². The smallest absolute Gasteiger partial charge is 0.131 e. The van der Waals surface area contributed by atoms with Gasteiger partial charge < -0.3 is 9.64 Å². The van der Waals surface area contributed by atoms with Crippen LogP contribution in [0.3, 0.4) is 0 Å². The molecule has 4 unspecified atom stereocenters. The fourth-order valence-electron chi connectivity index (χ4n) is 13.0. The monoisotopic (exact) mass is 641 g/mol. The molecular weight excluding hydrogens is 595 g/mol. The summed E-state index contributed by atoms with van der Waals surface area (Å²) in [5, 5.41) is 2.55. The third kappa shape index (κ3) is 3.63. The molecule has 0 radical (unpaired) electrons. The minimum Gasteiger partial charge on any atom is -0.457 e. The summed E-state index contributed by atoms with van der Waals surface area (Å²) in [7, 11) is 0. The molecule has 4 fully saturated rings. The molecule has 2 heteroatoms. The number of benzene rings is 5. The Morgan fingerprint density at radius 3 is 1.90 bits per heavy atom. The molecule has 5 aromatic rings. The predicted molar refractivity (Wildman–Crippen MR) is 201 cm³/mol.